The summed E-state index contributed by atoms with van der Waals surface area (Å²) in [5, 5.41) is 133. The summed E-state index contributed by atoms with van der Waals surface area (Å²) in [6, 6.07) is -21.9. The highest BCUT2D eigenvalue weighted by molar-refractivity contribution is 6.03. The molecule has 838 valence electrons. The number of likely N-dealkylation sites (tertiary alicyclic amines) is 1. The maximum absolute atomic E-state index is 14.9. The zero-order valence-corrected chi connectivity index (χ0v) is 85.8. The third kappa shape index (κ3) is 48.8. The zero-order chi connectivity index (χ0) is 113. The number of aliphatic hydroxyl groups is 5. The van der Waals surface area contributed by atoms with Gasteiger partial charge in [0.25, 0.3) is 0 Å². The van der Waals surface area contributed by atoms with Crippen molar-refractivity contribution in [1.82, 2.24) is 101 Å². The lowest BCUT2D eigenvalue weighted by Crippen LogP contribution is -2.63. The number of amides is 20. The van der Waals surface area contributed by atoms with Crippen LogP contribution < -0.4 is 119 Å². The van der Waals surface area contributed by atoms with Gasteiger partial charge < -0.3 is 169 Å². The molecule has 0 saturated carbocycles. The van der Waals surface area contributed by atoms with E-state index in [-0.39, 0.29) is 115 Å². The van der Waals surface area contributed by atoms with Gasteiger partial charge >= 0.3 is 23.9 Å². The van der Waals surface area contributed by atoms with Crippen LogP contribution in [-0.4, -0.2) is 366 Å². The molecule has 56 heteroatoms. The third-order valence-corrected chi connectivity index (χ3v) is 23.2. The van der Waals surface area contributed by atoms with Crippen molar-refractivity contribution in [2.45, 2.75) is 332 Å². The Kier molecular flexibility index (Phi) is 59.2. The fourth-order valence-corrected chi connectivity index (χ4v) is 15.1. The Morgan fingerprint density at radius 2 is 0.732 bits per heavy atom. The zero-order valence-electron chi connectivity index (χ0n) is 85.8. The van der Waals surface area contributed by atoms with Crippen molar-refractivity contribution in [2.24, 2.45) is 46.6 Å². The molecule has 1 aliphatic rings. The van der Waals surface area contributed by atoms with Gasteiger partial charge in [0.05, 0.1) is 57.1 Å². The molecule has 20 amide bonds. The molecule has 149 heavy (non-hydrogen) atoms. The number of unbranched alkanes of at least 4 members (excludes halogenated alkanes) is 2. The Balaban J connectivity index is 2.37. The molecule has 0 bridgehead atoms. The van der Waals surface area contributed by atoms with E-state index in [0.717, 1.165) is 32.6 Å². The first-order valence-electron chi connectivity index (χ1n) is 49.1. The van der Waals surface area contributed by atoms with Crippen molar-refractivity contribution in [3.63, 3.8) is 0 Å². The van der Waals surface area contributed by atoms with Gasteiger partial charge in [0.15, 0.2) is 6.04 Å². The minimum absolute atomic E-state index is 0.0145. The predicted molar refractivity (Wildman–Crippen MR) is 526 cm³/mol. The van der Waals surface area contributed by atoms with Gasteiger partial charge in [-0.3, -0.25) is 110 Å². The van der Waals surface area contributed by atoms with Crippen molar-refractivity contribution in [3.05, 3.63) is 35.9 Å². The van der Waals surface area contributed by atoms with Crippen LogP contribution >= 0.6 is 0 Å². The van der Waals surface area contributed by atoms with E-state index in [1.807, 2.05) is 0 Å². The van der Waals surface area contributed by atoms with Crippen molar-refractivity contribution >= 4 is 142 Å². The maximum Gasteiger partial charge on any atom is 0.328 e. The number of carboxylic acids is 4. The summed E-state index contributed by atoms with van der Waals surface area (Å²) in [6.45, 7) is 13.4. The number of rotatable bonds is 71. The Morgan fingerprint density at radius 1 is 0.362 bits per heavy atom. The van der Waals surface area contributed by atoms with Gasteiger partial charge in [-0.25, -0.2) is 4.79 Å². The van der Waals surface area contributed by atoms with Gasteiger partial charge in [0.2, 0.25) is 118 Å². The van der Waals surface area contributed by atoms with Crippen LogP contribution in [0.25, 0.3) is 0 Å². The molecular weight excluding hydrogens is 1970 g/mol. The second-order valence-corrected chi connectivity index (χ2v) is 38.0. The standard InChI is InChI=1S/C93H153N23O33/c1-44(2)35-58(101-68(124)41-98-67(123)40-99-78(133)55(27-30-69(125)126)102-86(141)63(42-117)111-80(135)56(28-31-70(127)128)103-79(134)54(23-16-18-32-94)104-89(144)72(47(7)8)112-87(142)64(43-118)110-77(132)53(96)26-29-66(97)122)81(136)107-61(38-52-21-14-13-15-22-52)82(137)105-57(24-17-19-33-95)92(147)116-34-20-25-65(116)88(143)100-48(9)76(131)106-62(39-71(129)130)85(140)114-74(50(11)120)91(146)108-59(36-45(3)4)83(138)113-73(49(10)119)90(145)109-60(37-46(5)6)84(139)115-75(51(12)121)93(148)149/h13-15,21-22,44-51,53-65,72-75,117-121H,16-20,23-43,94-96H2,1-12H3,(H2,97,122)(H,98,123)(H,99,133)(H,100,143)(H,101,124)(H,102,141)(H,103,134)(H,104,144)(H,105,137)(H,106,131)(H,107,136)(H,108,146)(H,109,145)(H,110,132)(H,111,135)(H,112,142)(H,113,138)(H,114,140)(H,115,139)(H,125,126)(H,127,128)(H,129,130)(H,148,149)/t48-,49+,50+,51+,53-,54-,55-,56-,57-,58-,59-,60-,61-,62-,63-,64-,65-,72-,73-,74-,75-/m0/s1. The van der Waals surface area contributed by atoms with Gasteiger partial charge in [-0.1, -0.05) is 85.7 Å². The summed E-state index contributed by atoms with van der Waals surface area (Å²) in [5.74, 6) is -29.8. The van der Waals surface area contributed by atoms with Crippen LogP contribution in [0.2, 0.25) is 0 Å². The van der Waals surface area contributed by atoms with Gasteiger partial charge in [0, 0.05) is 32.2 Å². The van der Waals surface area contributed by atoms with E-state index in [4.69, 9.17) is 22.9 Å². The Morgan fingerprint density at radius 3 is 1.18 bits per heavy atom. The molecule has 56 nitrogen and oxygen atoms in total. The first-order valence-corrected chi connectivity index (χ1v) is 49.1. The number of primary amides is 1. The van der Waals surface area contributed by atoms with Crippen LogP contribution in [0.4, 0.5) is 0 Å². The monoisotopic (exact) mass is 2120 g/mol. The molecule has 21 atom stereocenters. The van der Waals surface area contributed by atoms with Gasteiger partial charge in [0.1, 0.15) is 96.7 Å². The Labute approximate surface area is 860 Å². The topological polar surface area (TPSA) is 916 Å². The van der Waals surface area contributed by atoms with Crippen LogP contribution in [0.1, 0.15) is 204 Å². The first kappa shape index (κ1) is 131. The molecule has 0 aromatic heterocycles. The Hall–Kier alpha value is -13.8. The number of nitrogens with two attached hydrogens (primary N) is 4. The molecule has 1 aliphatic heterocycles. The molecule has 2 rings (SSSR count). The largest absolute Gasteiger partial charge is 0.481 e. The minimum atomic E-state index is -2.06. The van der Waals surface area contributed by atoms with Crippen LogP contribution in [0.15, 0.2) is 30.3 Å². The van der Waals surface area contributed by atoms with E-state index in [1.165, 1.54) is 13.8 Å². The molecule has 1 heterocycles. The highest BCUT2D eigenvalue weighted by Gasteiger charge is 2.44. The van der Waals surface area contributed by atoms with Crippen molar-refractivity contribution < 1.29 is 161 Å². The lowest BCUT2D eigenvalue weighted by Gasteiger charge is -2.31. The molecule has 1 aromatic rings. The summed E-state index contributed by atoms with van der Waals surface area (Å²) in [6.07, 6.45) is -9.57. The maximum atomic E-state index is 14.9. The molecule has 0 unspecified atom stereocenters. The van der Waals surface area contributed by atoms with E-state index in [0.29, 0.717) is 12.0 Å². The summed E-state index contributed by atoms with van der Waals surface area (Å²) >= 11 is 0. The van der Waals surface area contributed by atoms with Crippen molar-refractivity contribution in [3.8, 4) is 0 Å². The summed E-state index contributed by atoms with van der Waals surface area (Å²) in [5.41, 5.74) is 23.0. The fraction of sp³-hybridized carbons (Fsp3) is 0.677. The molecule has 0 aliphatic carbocycles. The number of hydrogen-bond acceptors (Lipinski definition) is 32. The number of carboxylic acid groups (broad SMARTS) is 4. The van der Waals surface area contributed by atoms with Gasteiger partial charge in [-0.15, -0.1) is 0 Å². The quantitative estimate of drug-likeness (QED) is 0.0269. The van der Waals surface area contributed by atoms with E-state index < -0.39 is 339 Å². The fourth-order valence-electron chi connectivity index (χ4n) is 15.1. The molecule has 1 aromatic carbocycles. The summed E-state index contributed by atoms with van der Waals surface area (Å²) in [7, 11) is 0. The molecule has 0 spiro atoms. The second-order valence-electron chi connectivity index (χ2n) is 38.0. The molecule has 1 fully saturated rings. The Bertz CT molecular complexity index is 4700. The van der Waals surface area contributed by atoms with Gasteiger partial charge in [-0.2, -0.15) is 0 Å². The minimum Gasteiger partial charge on any atom is -0.481 e. The van der Waals surface area contributed by atoms with Crippen LogP contribution in [0.5, 0.6) is 0 Å². The normalized spacial score (nSPS) is 16.3. The first-order chi connectivity index (χ1) is 69.8. The predicted octanol–water partition coefficient (Wildman–Crippen LogP) is -10.7. The van der Waals surface area contributed by atoms with E-state index in [1.54, 1.807) is 71.9 Å². The number of benzene rings is 1. The highest BCUT2D eigenvalue weighted by Crippen LogP contribution is 2.23. The van der Waals surface area contributed by atoms with Crippen molar-refractivity contribution in [2.75, 3.05) is 45.9 Å². The smallest absolute Gasteiger partial charge is 0.328 e. The van der Waals surface area contributed by atoms with E-state index in [2.05, 4.69) is 95.7 Å². The van der Waals surface area contributed by atoms with E-state index in [9.17, 15) is 161 Å². The average molecular weight is 2120 g/mol. The molecule has 35 N–H and O–H groups in total. The van der Waals surface area contributed by atoms with E-state index >= 15 is 0 Å². The number of carbonyl (C=O) groups excluding carboxylic acids is 20. The SMILES string of the molecule is CC(C)C[C@H](NC(=O)CNC(=O)CNC(=O)[C@H](CCC(=O)O)NC(=O)[C@H](CO)NC(=O)[C@H](CCC(=O)O)NC(=O)[C@H](CCCCN)NC(=O)[C@@H](NC(=O)[C@H](CO)NC(=O)[C@@H](N)CCC(N)=O)C(C)C)C(=O)N[C@@H](Cc1ccccc1)C(=O)N[C@@H](CCCCN)C(=O)N1CCC[C@H]1C(=O)N[C@@H](C)C(=O)N[C@@H](CC(=O)O)C(=O)N[C@H](C(=O)N[C@@H](CC(C)C)C(=O)N[C@H](C(=O)N[C@@H](CC(C)C)C(=O)N[C@H](C(=O)O)[C@@H](C)O)[C@@H](C)O)[C@@H](C)O. The van der Waals surface area contributed by atoms with Crippen molar-refractivity contribution in [1.29, 1.82) is 0 Å². The van der Waals surface area contributed by atoms with Gasteiger partial charge in [-0.05, 0) is 160 Å². The third-order valence-electron chi connectivity index (χ3n) is 23.2. The molecule has 1 saturated heterocycles. The summed E-state index contributed by atoms with van der Waals surface area (Å²) < 4.78 is 0. The number of nitrogens with zero attached hydrogens (tertiary/aromatic N) is 1. The van der Waals surface area contributed by atoms with Crippen LogP contribution in [0, 0.1) is 23.7 Å². The number of nitrogens with one attached hydrogen (secondary N) is 18. The number of aliphatic hydroxyl groups excluding tert-OH is 5. The second kappa shape index (κ2) is 67.2. The lowest BCUT2D eigenvalue weighted by atomic mass is 10.00. The summed E-state index contributed by atoms with van der Waals surface area (Å²) in [4.78, 5) is 325. The number of aliphatic carboxylic acids is 4. The van der Waals surface area contributed by atoms with Crippen LogP contribution in [-0.2, 0) is 121 Å². The average Bonchev–Trinajstić information content (AvgIpc) is 1.70. The molecule has 0 radical (unpaired) electrons. The highest BCUT2D eigenvalue weighted by atomic mass is 16.4. The number of hydrogen-bond donors (Lipinski definition) is 31. The number of carbonyl (C=O) groups is 24. The lowest BCUT2D eigenvalue weighted by molar-refractivity contribution is -0.145. The molecular formula is C93H153N23O33. The van der Waals surface area contributed by atoms with Crippen LogP contribution in [0.3, 0.4) is 0 Å².